The van der Waals surface area contributed by atoms with Crippen LogP contribution in [-0.2, 0) is 0 Å². The topological polar surface area (TPSA) is 110 Å². The quantitative estimate of drug-likeness (QED) is 0.704. The Kier molecular flexibility index (Phi) is 5.06. The van der Waals surface area contributed by atoms with E-state index in [-0.39, 0.29) is 25.2 Å². The minimum absolute atomic E-state index is 0.130. The minimum Gasteiger partial charge on any atom is -0.477 e. The van der Waals surface area contributed by atoms with Crippen LogP contribution in [0.3, 0.4) is 0 Å². The fraction of sp³-hybridized carbons (Fsp3) is 0.400. The highest BCUT2D eigenvalue weighted by atomic mass is 16.7. The fourth-order valence-corrected chi connectivity index (χ4v) is 3.51. The first kappa shape index (κ1) is 18.5. The standard InChI is InChI=1S/C20H22N2O6/c1-11-3-2-4-17(21-11)26-9-13-7-14(19(24)18(13)23)22-20(25)12-5-6-15-16(8-12)28-10-27-15/h2-6,8,13-14,18-19,23-24H,7,9-10H2,1H3,(H,22,25). The smallest absolute Gasteiger partial charge is 0.251 e. The van der Waals surface area contributed by atoms with Crippen molar-refractivity contribution in [3.63, 3.8) is 0 Å². The molecule has 1 fully saturated rings. The van der Waals surface area contributed by atoms with Crippen LogP contribution in [0.2, 0.25) is 0 Å². The zero-order valence-electron chi connectivity index (χ0n) is 15.4. The van der Waals surface area contributed by atoms with Gasteiger partial charge in [-0.3, -0.25) is 4.79 Å². The Morgan fingerprint density at radius 3 is 2.86 bits per heavy atom. The highest BCUT2D eigenvalue weighted by Gasteiger charge is 2.42. The van der Waals surface area contributed by atoms with E-state index in [0.717, 1.165) is 5.69 Å². The van der Waals surface area contributed by atoms with Crippen LogP contribution in [0.15, 0.2) is 36.4 Å². The van der Waals surface area contributed by atoms with Crippen LogP contribution in [0, 0.1) is 12.8 Å². The summed E-state index contributed by atoms with van der Waals surface area (Å²) in [5, 5.41) is 23.5. The van der Waals surface area contributed by atoms with Crippen LogP contribution >= 0.6 is 0 Å². The van der Waals surface area contributed by atoms with E-state index >= 15 is 0 Å². The minimum atomic E-state index is -1.07. The number of nitrogens with zero attached hydrogens (tertiary/aromatic N) is 1. The molecule has 1 aliphatic carbocycles. The first-order valence-corrected chi connectivity index (χ1v) is 9.14. The Morgan fingerprint density at radius 2 is 2.04 bits per heavy atom. The van der Waals surface area contributed by atoms with Gasteiger partial charge < -0.3 is 29.7 Å². The van der Waals surface area contributed by atoms with E-state index in [0.29, 0.717) is 29.4 Å². The fourth-order valence-electron chi connectivity index (χ4n) is 3.51. The van der Waals surface area contributed by atoms with Crippen molar-refractivity contribution in [1.29, 1.82) is 0 Å². The molecule has 28 heavy (non-hydrogen) atoms. The van der Waals surface area contributed by atoms with E-state index in [1.54, 1.807) is 24.3 Å². The maximum atomic E-state index is 12.5. The zero-order chi connectivity index (χ0) is 19.7. The molecule has 1 amide bonds. The van der Waals surface area contributed by atoms with Crippen molar-refractivity contribution in [1.82, 2.24) is 10.3 Å². The van der Waals surface area contributed by atoms with Crippen LogP contribution in [0.25, 0.3) is 0 Å². The Morgan fingerprint density at radius 1 is 1.21 bits per heavy atom. The molecule has 0 spiro atoms. The van der Waals surface area contributed by atoms with E-state index in [2.05, 4.69) is 10.3 Å². The van der Waals surface area contributed by atoms with E-state index < -0.39 is 18.2 Å². The number of aromatic nitrogens is 1. The van der Waals surface area contributed by atoms with Crippen molar-refractivity contribution in [2.45, 2.75) is 31.6 Å². The SMILES string of the molecule is Cc1cccc(OCC2CC(NC(=O)c3ccc4c(c3)OCO4)C(O)C2O)n1. The van der Waals surface area contributed by atoms with Crippen LogP contribution in [0.1, 0.15) is 22.5 Å². The molecular weight excluding hydrogens is 364 g/mol. The van der Waals surface area contributed by atoms with Crippen molar-refractivity contribution >= 4 is 5.91 Å². The average Bonchev–Trinajstić information content (AvgIpc) is 3.26. The van der Waals surface area contributed by atoms with Crippen LogP contribution in [0.5, 0.6) is 17.4 Å². The predicted molar refractivity (Wildman–Crippen MR) is 98.4 cm³/mol. The van der Waals surface area contributed by atoms with Gasteiger partial charge in [-0.05, 0) is 37.6 Å². The number of carbonyl (C=O) groups excluding carboxylic acids is 1. The molecule has 8 heteroatoms. The van der Waals surface area contributed by atoms with E-state index in [1.165, 1.54) is 0 Å². The van der Waals surface area contributed by atoms with Gasteiger partial charge >= 0.3 is 0 Å². The third-order valence-electron chi connectivity index (χ3n) is 5.06. The average molecular weight is 386 g/mol. The van der Waals surface area contributed by atoms with Crippen molar-refractivity contribution < 1.29 is 29.2 Å². The van der Waals surface area contributed by atoms with Crippen molar-refractivity contribution in [3.8, 4) is 17.4 Å². The van der Waals surface area contributed by atoms with Gasteiger partial charge in [0, 0.05) is 23.2 Å². The van der Waals surface area contributed by atoms with Crippen molar-refractivity contribution in [2.24, 2.45) is 5.92 Å². The van der Waals surface area contributed by atoms with E-state index in [1.807, 2.05) is 19.1 Å². The summed E-state index contributed by atoms with van der Waals surface area (Å²) in [5.41, 5.74) is 1.23. The largest absolute Gasteiger partial charge is 0.477 e. The number of pyridine rings is 1. The summed E-state index contributed by atoms with van der Waals surface area (Å²) in [6.07, 6.45) is -1.67. The highest BCUT2D eigenvalue weighted by molar-refractivity contribution is 5.95. The number of carbonyl (C=O) groups is 1. The Labute approximate surface area is 162 Å². The number of aliphatic hydroxyl groups excluding tert-OH is 2. The monoisotopic (exact) mass is 386 g/mol. The zero-order valence-corrected chi connectivity index (χ0v) is 15.4. The number of ether oxygens (including phenoxy) is 3. The van der Waals surface area contributed by atoms with E-state index in [4.69, 9.17) is 14.2 Å². The first-order chi connectivity index (χ1) is 13.5. The molecule has 148 valence electrons. The highest BCUT2D eigenvalue weighted by Crippen LogP contribution is 2.33. The van der Waals surface area contributed by atoms with Gasteiger partial charge in [-0.2, -0.15) is 0 Å². The number of aliphatic hydroxyl groups is 2. The lowest BCUT2D eigenvalue weighted by Gasteiger charge is -2.18. The number of nitrogens with one attached hydrogen (secondary N) is 1. The molecule has 4 atom stereocenters. The van der Waals surface area contributed by atoms with Gasteiger partial charge in [0.15, 0.2) is 11.5 Å². The predicted octanol–water partition coefficient (Wildman–Crippen LogP) is 1.04. The summed E-state index contributed by atoms with van der Waals surface area (Å²) >= 11 is 0. The number of aryl methyl sites for hydroxylation is 1. The number of hydrogen-bond donors (Lipinski definition) is 3. The third-order valence-corrected chi connectivity index (χ3v) is 5.06. The van der Waals surface area contributed by atoms with Gasteiger partial charge in [0.05, 0.1) is 18.8 Å². The van der Waals surface area contributed by atoms with Crippen LogP contribution in [0.4, 0.5) is 0 Å². The summed E-state index contributed by atoms with van der Waals surface area (Å²) in [4.78, 5) is 16.8. The van der Waals surface area contributed by atoms with Gasteiger partial charge in [-0.25, -0.2) is 4.98 Å². The number of benzene rings is 1. The molecule has 3 N–H and O–H groups in total. The molecule has 0 bridgehead atoms. The van der Waals surface area contributed by atoms with Gasteiger partial charge in [-0.1, -0.05) is 6.07 Å². The third kappa shape index (κ3) is 3.74. The molecule has 1 aromatic carbocycles. The van der Waals surface area contributed by atoms with Crippen LogP contribution in [-0.4, -0.2) is 52.8 Å². The summed E-state index contributed by atoms with van der Waals surface area (Å²) < 4.78 is 16.2. The maximum Gasteiger partial charge on any atom is 0.251 e. The second-order valence-electron chi connectivity index (χ2n) is 7.05. The van der Waals surface area contributed by atoms with Crippen molar-refractivity contribution in [2.75, 3.05) is 13.4 Å². The number of rotatable bonds is 5. The number of amides is 1. The molecule has 8 nitrogen and oxygen atoms in total. The molecule has 1 saturated carbocycles. The molecule has 4 unspecified atom stereocenters. The normalized spacial score (nSPS) is 25.5. The van der Waals surface area contributed by atoms with Gasteiger partial charge in [0.2, 0.25) is 12.7 Å². The van der Waals surface area contributed by atoms with Crippen LogP contribution < -0.4 is 19.5 Å². The molecular formula is C20H22N2O6. The molecule has 1 aliphatic heterocycles. The molecule has 0 radical (unpaired) electrons. The molecule has 2 aromatic rings. The first-order valence-electron chi connectivity index (χ1n) is 9.14. The molecule has 2 heterocycles. The Hall–Kier alpha value is -2.84. The lowest BCUT2D eigenvalue weighted by molar-refractivity contribution is 0.00217. The summed E-state index contributed by atoms with van der Waals surface area (Å²) in [6, 6.07) is 9.76. The Bertz CT molecular complexity index is 874. The second kappa shape index (κ2) is 7.65. The summed E-state index contributed by atoms with van der Waals surface area (Å²) in [5.74, 6) is 0.900. The van der Waals surface area contributed by atoms with Gasteiger partial charge in [0.1, 0.15) is 6.10 Å². The molecule has 0 saturated heterocycles. The number of hydrogen-bond acceptors (Lipinski definition) is 7. The molecule has 4 rings (SSSR count). The maximum absolute atomic E-state index is 12.5. The summed E-state index contributed by atoms with van der Waals surface area (Å²) in [7, 11) is 0. The van der Waals surface area contributed by atoms with Gasteiger partial charge in [-0.15, -0.1) is 0 Å². The second-order valence-corrected chi connectivity index (χ2v) is 7.05. The van der Waals surface area contributed by atoms with Gasteiger partial charge in [0.25, 0.3) is 5.91 Å². The Balaban J connectivity index is 1.36. The number of fused-ring (bicyclic) bond motifs is 1. The molecule has 2 aliphatic rings. The lowest BCUT2D eigenvalue weighted by Crippen LogP contribution is -2.43. The lowest BCUT2D eigenvalue weighted by atomic mass is 10.1. The molecule has 1 aromatic heterocycles. The van der Waals surface area contributed by atoms with E-state index in [9.17, 15) is 15.0 Å². The van der Waals surface area contributed by atoms with Crippen molar-refractivity contribution in [3.05, 3.63) is 47.7 Å². The summed E-state index contributed by atoms with van der Waals surface area (Å²) in [6.45, 7) is 2.19.